The van der Waals surface area contributed by atoms with Crippen molar-refractivity contribution in [1.29, 1.82) is 0 Å². The van der Waals surface area contributed by atoms with Crippen molar-refractivity contribution in [2.45, 2.75) is 6.54 Å². The van der Waals surface area contributed by atoms with E-state index in [0.717, 1.165) is 5.56 Å². The van der Waals surface area contributed by atoms with Gasteiger partial charge >= 0.3 is 0 Å². The molecule has 0 atom stereocenters. The summed E-state index contributed by atoms with van der Waals surface area (Å²) in [5.74, 6) is 0.0947. The Morgan fingerprint density at radius 3 is 2.31 bits per heavy atom. The second-order valence-corrected chi connectivity index (χ2v) is 7.20. The highest BCUT2D eigenvalue weighted by molar-refractivity contribution is 6.22. The number of hydrogen-bond acceptors (Lipinski definition) is 5. The van der Waals surface area contributed by atoms with Gasteiger partial charge in [0.2, 0.25) is 0 Å². The van der Waals surface area contributed by atoms with Crippen LogP contribution in [0.3, 0.4) is 0 Å². The Morgan fingerprint density at radius 2 is 1.56 bits per heavy atom. The number of carbonyl (C=O) groups excluding carboxylic acids is 3. The number of rotatable bonds is 8. The van der Waals surface area contributed by atoms with Crippen LogP contribution in [0.2, 0.25) is 0 Å². The van der Waals surface area contributed by atoms with Gasteiger partial charge in [-0.1, -0.05) is 42.5 Å². The zero-order chi connectivity index (χ0) is 22.5. The third-order valence-electron chi connectivity index (χ3n) is 5.13. The molecular weight excluding hydrogens is 408 g/mol. The van der Waals surface area contributed by atoms with Crippen molar-refractivity contribution in [3.63, 3.8) is 0 Å². The Labute approximate surface area is 185 Å². The maximum atomic E-state index is 12.8. The van der Waals surface area contributed by atoms with Crippen LogP contribution in [0.5, 0.6) is 11.5 Å². The van der Waals surface area contributed by atoms with E-state index in [9.17, 15) is 14.4 Å². The van der Waals surface area contributed by atoms with E-state index in [2.05, 4.69) is 5.32 Å². The van der Waals surface area contributed by atoms with E-state index in [1.807, 2.05) is 42.5 Å². The number of nitrogens with one attached hydrogen (secondary N) is 1. The largest absolute Gasteiger partial charge is 0.493 e. The summed E-state index contributed by atoms with van der Waals surface area (Å²) in [7, 11) is 1.56. The minimum Gasteiger partial charge on any atom is -0.493 e. The molecule has 7 nitrogen and oxygen atoms in total. The third-order valence-corrected chi connectivity index (χ3v) is 5.13. The average molecular weight is 430 g/mol. The van der Waals surface area contributed by atoms with Gasteiger partial charge in [-0.15, -0.1) is 0 Å². The molecule has 0 aliphatic carbocycles. The van der Waals surface area contributed by atoms with Gasteiger partial charge in [-0.3, -0.25) is 19.3 Å². The van der Waals surface area contributed by atoms with Gasteiger partial charge in [-0.2, -0.15) is 0 Å². The Bertz CT molecular complexity index is 1160. The molecule has 0 fully saturated rings. The van der Waals surface area contributed by atoms with Crippen molar-refractivity contribution in [2.75, 3.05) is 20.3 Å². The molecule has 0 aromatic heterocycles. The number of hydrogen-bond donors (Lipinski definition) is 1. The number of benzene rings is 3. The summed E-state index contributed by atoms with van der Waals surface area (Å²) in [4.78, 5) is 39.2. The van der Waals surface area contributed by atoms with Crippen LogP contribution in [0.15, 0.2) is 72.8 Å². The molecule has 7 heteroatoms. The van der Waals surface area contributed by atoms with Gasteiger partial charge in [0.15, 0.2) is 11.5 Å². The standard InChI is InChI=1S/C25H22N2O5/c1-31-21-9-5-6-10-22(21)32-14-13-26-23(28)18-11-12-19-20(15-18)25(30)27(24(19)29)16-17-7-3-2-4-8-17/h2-12,15H,13-14,16H2,1H3,(H,26,28). The summed E-state index contributed by atoms with van der Waals surface area (Å²) >= 11 is 0. The molecule has 0 spiro atoms. The van der Waals surface area contributed by atoms with Crippen molar-refractivity contribution >= 4 is 17.7 Å². The van der Waals surface area contributed by atoms with Crippen molar-refractivity contribution in [2.24, 2.45) is 0 Å². The zero-order valence-corrected chi connectivity index (χ0v) is 17.5. The molecule has 3 aromatic rings. The molecular formula is C25H22N2O5. The first-order valence-electron chi connectivity index (χ1n) is 10.2. The maximum Gasteiger partial charge on any atom is 0.261 e. The molecule has 1 N–H and O–H groups in total. The molecule has 0 radical (unpaired) electrons. The summed E-state index contributed by atoms with van der Waals surface area (Å²) < 4.78 is 10.9. The molecule has 0 saturated heterocycles. The fourth-order valence-electron chi connectivity index (χ4n) is 3.51. The smallest absolute Gasteiger partial charge is 0.261 e. The number of ether oxygens (including phenoxy) is 2. The summed E-state index contributed by atoms with van der Waals surface area (Å²) in [6.45, 7) is 0.704. The molecule has 0 unspecified atom stereocenters. The van der Waals surface area contributed by atoms with E-state index in [4.69, 9.17) is 9.47 Å². The van der Waals surface area contributed by atoms with Crippen molar-refractivity contribution < 1.29 is 23.9 Å². The number of imide groups is 1. The summed E-state index contributed by atoms with van der Waals surface area (Å²) in [6.07, 6.45) is 0. The van der Waals surface area contributed by atoms with Crippen LogP contribution in [0.4, 0.5) is 0 Å². The molecule has 3 aromatic carbocycles. The highest BCUT2D eigenvalue weighted by Crippen LogP contribution is 2.26. The number of carbonyl (C=O) groups is 3. The first kappa shape index (κ1) is 21.1. The van der Waals surface area contributed by atoms with Crippen LogP contribution >= 0.6 is 0 Å². The minimum absolute atomic E-state index is 0.189. The lowest BCUT2D eigenvalue weighted by molar-refractivity contribution is 0.0642. The van der Waals surface area contributed by atoms with E-state index in [-0.39, 0.29) is 37.1 Å². The summed E-state index contributed by atoms with van der Waals surface area (Å²) in [5.41, 5.74) is 1.71. The quantitative estimate of drug-likeness (QED) is 0.438. The SMILES string of the molecule is COc1ccccc1OCCNC(=O)c1ccc2c(c1)C(=O)N(Cc1ccccc1)C2=O. The molecule has 0 bridgehead atoms. The predicted octanol–water partition coefficient (Wildman–Crippen LogP) is 3.30. The Balaban J connectivity index is 1.37. The highest BCUT2D eigenvalue weighted by atomic mass is 16.5. The van der Waals surface area contributed by atoms with Gasteiger partial charge in [0.05, 0.1) is 31.3 Å². The summed E-state index contributed by atoms with van der Waals surface area (Å²) in [5, 5.41) is 2.76. The van der Waals surface area contributed by atoms with Gasteiger partial charge in [0.1, 0.15) is 6.61 Å². The van der Waals surface area contributed by atoms with Gasteiger partial charge in [-0.25, -0.2) is 0 Å². The van der Waals surface area contributed by atoms with Gasteiger partial charge in [0.25, 0.3) is 17.7 Å². The van der Waals surface area contributed by atoms with E-state index >= 15 is 0 Å². The number of fused-ring (bicyclic) bond motifs is 1. The number of nitrogens with zero attached hydrogens (tertiary/aromatic N) is 1. The van der Waals surface area contributed by atoms with E-state index in [0.29, 0.717) is 22.6 Å². The molecule has 1 aliphatic heterocycles. The lowest BCUT2D eigenvalue weighted by atomic mass is 10.1. The van der Waals surface area contributed by atoms with Gasteiger partial charge in [-0.05, 0) is 35.9 Å². The van der Waals surface area contributed by atoms with E-state index in [1.54, 1.807) is 25.3 Å². The van der Waals surface area contributed by atoms with Crippen molar-refractivity contribution in [3.8, 4) is 11.5 Å². The molecule has 162 valence electrons. The van der Waals surface area contributed by atoms with Gasteiger partial charge in [0, 0.05) is 5.56 Å². The molecule has 32 heavy (non-hydrogen) atoms. The summed E-state index contributed by atoms with van der Waals surface area (Å²) in [6, 6.07) is 21.1. The Morgan fingerprint density at radius 1 is 0.875 bits per heavy atom. The van der Waals surface area contributed by atoms with Crippen LogP contribution in [-0.4, -0.2) is 42.9 Å². The van der Waals surface area contributed by atoms with Crippen molar-refractivity contribution in [3.05, 3.63) is 95.1 Å². The molecule has 3 amide bonds. The molecule has 1 heterocycles. The minimum atomic E-state index is -0.400. The fourth-order valence-corrected chi connectivity index (χ4v) is 3.51. The topological polar surface area (TPSA) is 84.9 Å². The number of para-hydroxylation sites is 2. The third kappa shape index (κ3) is 4.32. The number of methoxy groups -OCH3 is 1. The van der Waals surface area contributed by atoms with Crippen LogP contribution in [-0.2, 0) is 6.54 Å². The predicted molar refractivity (Wildman–Crippen MR) is 118 cm³/mol. The van der Waals surface area contributed by atoms with Crippen LogP contribution in [0.25, 0.3) is 0 Å². The highest BCUT2D eigenvalue weighted by Gasteiger charge is 2.35. The van der Waals surface area contributed by atoms with Crippen molar-refractivity contribution in [1.82, 2.24) is 10.2 Å². The number of amides is 3. The van der Waals surface area contributed by atoms with E-state index in [1.165, 1.54) is 17.0 Å². The monoisotopic (exact) mass is 430 g/mol. The van der Waals surface area contributed by atoms with E-state index < -0.39 is 5.91 Å². The molecule has 4 rings (SSSR count). The average Bonchev–Trinajstić information content (AvgIpc) is 3.07. The van der Waals surface area contributed by atoms with Crippen LogP contribution in [0.1, 0.15) is 36.6 Å². The molecule has 0 saturated carbocycles. The molecule has 1 aliphatic rings. The lowest BCUT2D eigenvalue weighted by Crippen LogP contribution is -2.29. The fraction of sp³-hybridized carbons (Fsp3) is 0.160. The van der Waals surface area contributed by atoms with Crippen LogP contribution in [0, 0.1) is 0 Å². The first-order valence-corrected chi connectivity index (χ1v) is 10.2. The second kappa shape index (κ2) is 9.34. The normalized spacial score (nSPS) is 12.5. The second-order valence-electron chi connectivity index (χ2n) is 7.20. The Hall–Kier alpha value is -4.13. The first-order chi connectivity index (χ1) is 15.6. The van der Waals surface area contributed by atoms with Crippen LogP contribution < -0.4 is 14.8 Å². The van der Waals surface area contributed by atoms with Gasteiger partial charge < -0.3 is 14.8 Å². The lowest BCUT2D eigenvalue weighted by Gasteiger charge is -2.13. The zero-order valence-electron chi connectivity index (χ0n) is 17.5. The Kier molecular flexibility index (Phi) is 6.17. The maximum absolute atomic E-state index is 12.8.